The lowest BCUT2D eigenvalue weighted by atomic mass is 10.1. The number of unbranched alkanes of at least 4 members (excludes halogenated alkanes) is 1. The minimum Gasteiger partial charge on any atom is -0.389 e. The van der Waals surface area contributed by atoms with Crippen LogP contribution < -0.4 is 5.32 Å². The quantitative estimate of drug-likeness (QED) is 0.565. The molecule has 19 heavy (non-hydrogen) atoms. The molecule has 0 saturated heterocycles. The van der Waals surface area contributed by atoms with Crippen molar-refractivity contribution in [3.8, 4) is 0 Å². The number of aliphatic hydroxyl groups excluding tert-OH is 1. The maximum absolute atomic E-state index is 9.81. The molecule has 1 aliphatic rings. The average Bonchev–Trinajstić information content (AvgIpc) is 2.81. The Hall–Kier alpha value is -0.160. The Labute approximate surface area is 117 Å². The largest absolute Gasteiger partial charge is 0.389 e. The average molecular weight is 273 g/mol. The third-order valence-electron chi connectivity index (χ3n) is 3.80. The molecule has 2 N–H and O–H groups in total. The van der Waals surface area contributed by atoms with Crippen molar-refractivity contribution in [2.45, 2.75) is 58.1 Å². The predicted octanol–water partition coefficient (Wildman–Crippen LogP) is 1.96. The van der Waals surface area contributed by atoms with E-state index < -0.39 is 6.10 Å². The van der Waals surface area contributed by atoms with Crippen molar-refractivity contribution in [3.05, 3.63) is 0 Å². The zero-order valence-electron chi connectivity index (χ0n) is 12.6. The minimum absolute atomic E-state index is 0.394. The van der Waals surface area contributed by atoms with Crippen molar-refractivity contribution in [3.63, 3.8) is 0 Å². The van der Waals surface area contributed by atoms with Crippen molar-refractivity contribution in [2.75, 3.05) is 33.0 Å². The SMILES string of the molecule is CCCCOCCOCC(O)CNC1CCCC1C. The van der Waals surface area contributed by atoms with E-state index in [1.807, 2.05) is 0 Å². The summed E-state index contributed by atoms with van der Waals surface area (Å²) in [6.07, 6.45) is 5.69. The van der Waals surface area contributed by atoms with Crippen molar-refractivity contribution < 1.29 is 14.6 Å². The molecule has 0 heterocycles. The van der Waals surface area contributed by atoms with Gasteiger partial charge in [0.05, 0.1) is 25.9 Å². The first-order valence-electron chi connectivity index (χ1n) is 7.81. The van der Waals surface area contributed by atoms with Crippen LogP contribution in [0.3, 0.4) is 0 Å². The van der Waals surface area contributed by atoms with Crippen LogP contribution in [0.25, 0.3) is 0 Å². The van der Waals surface area contributed by atoms with Crippen molar-refractivity contribution in [2.24, 2.45) is 5.92 Å². The lowest BCUT2D eigenvalue weighted by molar-refractivity contribution is 0.00294. The summed E-state index contributed by atoms with van der Waals surface area (Å²) in [7, 11) is 0. The third-order valence-corrected chi connectivity index (χ3v) is 3.80. The van der Waals surface area contributed by atoms with Crippen LogP contribution in [0, 0.1) is 5.92 Å². The Morgan fingerprint density at radius 1 is 1.21 bits per heavy atom. The Bertz CT molecular complexity index is 214. The number of nitrogens with one attached hydrogen (secondary N) is 1. The standard InChI is InChI=1S/C15H31NO3/c1-3-4-8-18-9-10-19-12-14(17)11-16-15-7-5-6-13(15)2/h13-17H,3-12H2,1-2H3. The molecule has 4 heteroatoms. The molecular weight excluding hydrogens is 242 g/mol. The predicted molar refractivity (Wildman–Crippen MR) is 77.4 cm³/mol. The van der Waals surface area contributed by atoms with Gasteiger partial charge in [0.15, 0.2) is 0 Å². The Morgan fingerprint density at radius 2 is 2.00 bits per heavy atom. The van der Waals surface area contributed by atoms with Crippen molar-refractivity contribution in [1.29, 1.82) is 0 Å². The van der Waals surface area contributed by atoms with Gasteiger partial charge in [-0.15, -0.1) is 0 Å². The second-order valence-corrected chi connectivity index (χ2v) is 5.62. The monoisotopic (exact) mass is 273 g/mol. The van der Waals surface area contributed by atoms with Gasteiger partial charge in [0.1, 0.15) is 0 Å². The van der Waals surface area contributed by atoms with E-state index in [2.05, 4.69) is 19.2 Å². The summed E-state index contributed by atoms with van der Waals surface area (Å²) in [4.78, 5) is 0. The fraction of sp³-hybridized carbons (Fsp3) is 1.00. The van der Waals surface area contributed by atoms with Crippen LogP contribution in [0.5, 0.6) is 0 Å². The van der Waals surface area contributed by atoms with E-state index in [0.717, 1.165) is 25.4 Å². The molecule has 3 unspecified atom stereocenters. The minimum atomic E-state index is -0.413. The zero-order chi connectivity index (χ0) is 13.9. The first kappa shape index (κ1) is 16.9. The molecule has 4 nitrogen and oxygen atoms in total. The van der Waals surface area contributed by atoms with Gasteiger partial charge in [0.2, 0.25) is 0 Å². The fourth-order valence-corrected chi connectivity index (χ4v) is 2.48. The number of hydrogen-bond donors (Lipinski definition) is 2. The maximum Gasteiger partial charge on any atom is 0.0897 e. The highest BCUT2D eigenvalue weighted by Gasteiger charge is 2.23. The van der Waals surface area contributed by atoms with E-state index in [-0.39, 0.29) is 0 Å². The van der Waals surface area contributed by atoms with E-state index in [4.69, 9.17) is 9.47 Å². The van der Waals surface area contributed by atoms with Gasteiger partial charge in [0, 0.05) is 19.2 Å². The molecule has 0 bridgehead atoms. The van der Waals surface area contributed by atoms with Gasteiger partial charge in [-0.25, -0.2) is 0 Å². The maximum atomic E-state index is 9.81. The van der Waals surface area contributed by atoms with Crippen molar-refractivity contribution >= 4 is 0 Å². The lowest BCUT2D eigenvalue weighted by Crippen LogP contribution is -2.38. The zero-order valence-corrected chi connectivity index (χ0v) is 12.6. The highest BCUT2D eigenvalue weighted by molar-refractivity contribution is 4.80. The highest BCUT2D eigenvalue weighted by atomic mass is 16.5. The summed E-state index contributed by atoms with van der Waals surface area (Å²) in [6, 6.07) is 0.576. The summed E-state index contributed by atoms with van der Waals surface area (Å²) < 4.78 is 10.8. The van der Waals surface area contributed by atoms with Gasteiger partial charge in [-0.05, 0) is 25.2 Å². The fourth-order valence-electron chi connectivity index (χ4n) is 2.48. The summed E-state index contributed by atoms with van der Waals surface area (Å²) >= 11 is 0. The molecule has 114 valence electrons. The van der Waals surface area contributed by atoms with Gasteiger partial charge in [-0.2, -0.15) is 0 Å². The van der Waals surface area contributed by atoms with Gasteiger partial charge in [-0.3, -0.25) is 0 Å². The molecule has 1 saturated carbocycles. The summed E-state index contributed by atoms with van der Waals surface area (Å²) in [5.41, 5.74) is 0. The Kier molecular flexibility index (Phi) is 9.43. The first-order valence-corrected chi connectivity index (χ1v) is 7.81. The smallest absolute Gasteiger partial charge is 0.0897 e. The molecule has 1 aliphatic carbocycles. The molecular formula is C15H31NO3. The number of hydrogen-bond acceptors (Lipinski definition) is 4. The number of ether oxygens (including phenoxy) is 2. The first-order chi connectivity index (χ1) is 9.24. The molecule has 3 atom stereocenters. The Balaban J connectivity index is 1.89. The van der Waals surface area contributed by atoms with E-state index in [1.54, 1.807) is 0 Å². The molecule has 0 spiro atoms. The van der Waals surface area contributed by atoms with Crippen LogP contribution in [0.2, 0.25) is 0 Å². The molecule has 0 aromatic heterocycles. The summed E-state index contributed by atoms with van der Waals surface area (Å²) in [5.74, 6) is 0.736. The van der Waals surface area contributed by atoms with Crippen molar-refractivity contribution in [1.82, 2.24) is 5.32 Å². The van der Waals surface area contributed by atoms with Crippen LogP contribution in [0.1, 0.15) is 46.0 Å². The van der Waals surface area contributed by atoms with E-state index in [9.17, 15) is 5.11 Å². The summed E-state index contributed by atoms with van der Waals surface area (Å²) in [5, 5.41) is 13.2. The molecule has 0 aliphatic heterocycles. The van der Waals surface area contributed by atoms with E-state index in [1.165, 1.54) is 19.3 Å². The Morgan fingerprint density at radius 3 is 2.68 bits per heavy atom. The second kappa shape index (κ2) is 10.6. The van der Waals surface area contributed by atoms with Crippen LogP contribution in [-0.2, 0) is 9.47 Å². The van der Waals surface area contributed by atoms with Gasteiger partial charge >= 0.3 is 0 Å². The van der Waals surface area contributed by atoms with Gasteiger partial charge in [0.25, 0.3) is 0 Å². The topological polar surface area (TPSA) is 50.7 Å². The molecule has 0 amide bonds. The van der Waals surface area contributed by atoms with Gasteiger partial charge in [-0.1, -0.05) is 26.7 Å². The van der Waals surface area contributed by atoms with Crippen LogP contribution in [0.15, 0.2) is 0 Å². The lowest BCUT2D eigenvalue weighted by Gasteiger charge is -2.19. The van der Waals surface area contributed by atoms with Crippen LogP contribution in [0.4, 0.5) is 0 Å². The molecule has 1 fully saturated rings. The highest BCUT2D eigenvalue weighted by Crippen LogP contribution is 2.24. The third kappa shape index (κ3) is 7.88. The summed E-state index contributed by atoms with van der Waals surface area (Å²) in [6.45, 7) is 7.45. The number of aliphatic hydroxyl groups is 1. The molecule has 0 radical (unpaired) electrons. The second-order valence-electron chi connectivity index (χ2n) is 5.62. The van der Waals surface area contributed by atoms with Crippen LogP contribution >= 0.6 is 0 Å². The van der Waals surface area contributed by atoms with E-state index in [0.29, 0.717) is 32.4 Å². The molecule has 0 aromatic carbocycles. The van der Waals surface area contributed by atoms with E-state index >= 15 is 0 Å². The molecule has 1 rings (SSSR count). The number of rotatable bonds is 11. The van der Waals surface area contributed by atoms with Gasteiger partial charge < -0.3 is 19.9 Å². The normalized spacial score (nSPS) is 24.8. The molecule has 0 aromatic rings. The van der Waals surface area contributed by atoms with Crippen LogP contribution in [-0.4, -0.2) is 50.2 Å².